The Bertz CT molecular complexity index is 1040. The predicted molar refractivity (Wildman–Crippen MR) is 116 cm³/mol. The van der Waals surface area contributed by atoms with Gasteiger partial charge >= 0.3 is 0 Å². The minimum Gasteiger partial charge on any atom is -0.355 e. The molecule has 7 heteroatoms. The Labute approximate surface area is 181 Å². The molecule has 0 bridgehead atoms. The Balaban J connectivity index is 1.28. The van der Waals surface area contributed by atoms with Crippen molar-refractivity contribution in [3.63, 3.8) is 0 Å². The normalized spacial score (nSPS) is 16.9. The summed E-state index contributed by atoms with van der Waals surface area (Å²) in [6.07, 6.45) is 2.71. The van der Waals surface area contributed by atoms with E-state index in [9.17, 15) is 9.18 Å². The number of hydrogen-bond acceptors (Lipinski definition) is 5. The number of nitrogens with zero attached hydrogens (tertiary/aromatic N) is 3. The molecule has 1 fully saturated rings. The highest BCUT2D eigenvalue weighted by Gasteiger charge is 2.27. The molecule has 0 aliphatic carbocycles. The van der Waals surface area contributed by atoms with Crippen LogP contribution in [0.3, 0.4) is 0 Å². The van der Waals surface area contributed by atoms with Gasteiger partial charge in [0.1, 0.15) is 5.82 Å². The number of amides is 1. The molecule has 31 heavy (non-hydrogen) atoms. The van der Waals surface area contributed by atoms with Crippen LogP contribution in [-0.4, -0.2) is 47.1 Å². The average molecular weight is 423 g/mol. The van der Waals surface area contributed by atoms with Crippen molar-refractivity contribution in [1.29, 1.82) is 0 Å². The van der Waals surface area contributed by atoms with Crippen LogP contribution in [0.4, 0.5) is 4.39 Å². The molecule has 2 aromatic carbocycles. The van der Waals surface area contributed by atoms with Crippen molar-refractivity contribution in [3.05, 3.63) is 71.4 Å². The van der Waals surface area contributed by atoms with Crippen molar-refractivity contribution in [2.45, 2.75) is 32.1 Å². The lowest BCUT2D eigenvalue weighted by Crippen LogP contribution is -2.42. The van der Waals surface area contributed by atoms with Gasteiger partial charge in [0.15, 0.2) is 0 Å². The molecule has 1 amide bonds. The second-order valence-corrected chi connectivity index (χ2v) is 8.07. The molecule has 0 radical (unpaired) electrons. The molecule has 6 nitrogen and oxygen atoms in total. The largest absolute Gasteiger partial charge is 0.355 e. The molecule has 1 N–H and O–H groups in total. The summed E-state index contributed by atoms with van der Waals surface area (Å²) < 4.78 is 18.9. The van der Waals surface area contributed by atoms with E-state index in [1.807, 2.05) is 12.1 Å². The molecule has 1 unspecified atom stereocenters. The van der Waals surface area contributed by atoms with Crippen LogP contribution in [0, 0.1) is 12.7 Å². The average Bonchev–Trinajstić information content (AvgIpc) is 3.26. The van der Waals surface area contributed by atoms with Gasteiger partial charge in [0, 0.05) is 18.7 Å². The van der Waals surface area contributed by atoms with Crippen LogP contribution in [0.1, 0.15) is 35.8 Å². The number of nitrogens with one attached hydrogen (secondary N) is 1. The van der Waals surface area contributed by atoms with Gasteiger partial charge in [-0.2, -0.15) is 4.98 Å². The number of aromatic nitrogens is 2. The first kappa shape index (κ1) is 21.2. The second kappa shape index (κ2) is 9.83. The molecular weight excluding hydrogens is 395 g/mol. The SMILES string of the molecule is Cc1ccccc1CCNC(=O)CN1CCCC(c2nc(-c3cccc(F)c3)no2)C1. The molecule has 1 aliphatic rings. The number of likely N-dealkylation sites (tertiary alicyclic amines) is 1. The Morgan fingerprint density at radius 3 is 2.97 bits per heavy atom. The van der Waals surface area contributed by atoms with Gasteiger partial charge in [-0.25, -0.2) is 4.39 Å². The third-order valence-corrected chi connectivity index (χ3v) is 5.72. The molecule has 0 spiro atoms. The van der Waals surface area contributed by atoms with E-state index >= 15 is 0 Å². The quantitative estimate of drug-likeness (QED) is 0.628. The fraction of sp³-hybridized carbons (Fsp3) is 0.375. The lowest BCUT2D eigenvalue weighted by Gasteiger charge is -2.30. The number of hydrogen-bond donors (Lipinski definition) is 1. The molecule has 4 rings (SSSR count). The van der Waals surface area contributed by atoms with Gasteiger partial charge in [-0.15, -0.1) is 0 Å². The van der Waals surface area contributed by atoms with Gasteiger partial charge in [-0.05, 0) is 56.0 Å². The van der Waals surface area contributed by atoms with Gasteiger partial charge in [0.05, 0.1) is 12.5 Å². The fourth-order valence-corrected chi connectivity index (χ4v) is 4.03. The van der Waals surface area contributed by atoms with E-state index in [0.29, 0.717) is 36.9 Å². The van der Waals surface area contributed by atoms with Crippen molar-refractivity contribution in [3.8, 4) is 11.4 Å². The second-order valence-electron chi connectivity index (χ2n) is 8.07. The fourth-order valence-electron chi connectivity index (χ4n) is 4.03. The van der Waals surface area contributed by atoms with E-state index in [-0.39, 0.29) is 17.6 Å². The monoisotopic (exact) mass is 422 g/mol. The number of carbonyl (C=O) groups is 1. The Hall–Kier alpha value is -3.06. The van der Waals surface area contributed by atoms with Gasteiger partial charge in [0.25, 0.3) is 0 Å². The highest BCUT2D eigenvalue weighted by Crippen LogP contribution is 2.27. The predicted octanol–water partition coefficient (Wildman–Crippen LogP) is 3.72. The molecule has 3 aromatic rings. The highest BCUT2D eigenvalue weighted by atomic mass is 19.1. The smallest absolute Gasteiger partial charge is 0.234 e. The standard InChI is InChI=1S/C24H27FN4O2/c1-17-6-2-3-7-18(17)11-12-26-22(30)16-29-13-5-9-20(15-29)24-27-23(28-31-24)19-8-4-10-21(25)14-19/h2-4,6-8,10,14,20H,5,9,11-13,15-16H2,1H3,(H,26,30). The number of carbonyl (C=O) groups excluding carboxylic acids is 1. The summed E-state index contributed by atoms with van der Waals surface area (Å²) in [4.78, 5) is 19.0. The molecular formula is C24H27FN4O2. The van der Waals surface area contributed by atoms with Gasteiger partial charge < -0.3 is 9.84 Å². The minimum absolute atomic E-state index is 0.0280. The Kier molecular flexibility index (Phi) is 6.72. The maximum Gasteiger partial charge on any atom is 0.234 e. The summed E-state index contributed by atoms with van der Waals surface area (Å²) in [5.74, 6) is 0.703. The van der Waals surface area contributed by atoms with Crippen LogP contribution in [0.2, 0.25) is 0 Å². The van der Waals surface area contributed by atoms with Crippen molar-refractivity contribution in [1.82, 2.24) is 20.4 Å². The maximum atomic E-state index is 13.5. The number of piperidine rings is 1. The zero-order valence-corrected chi connectivity index (χ0v) is 17.7. The topological polar surface area (TPSA) is 71.3 Å². The number of benzene rings is 2. The van der Waals surface area contributed by atoms with Gasteiger partial charge in [0.2, 0.25) is 17.6 Å². The molecule has 1 atom stereocenters. The summed E-state index contributed by atoms with van der Waals surface area (Å²) in [5, 5.41) is 7.04. The number of rotatable bonds is 7. The van der Waals surface area contributed by atoms with E-state index in [4.69, 9.17) is 4.52 Å². The molecule has 162 valence electrons. The van der Waals surface area contributed by atoms with E-state index in [0.717, 1.165) is 25.8 Å². The zero-order valence-electron chi connectivity index (χ0n) is 17.7. The molecule has 0 saturated carbocycles. The first-order valence-corrected chi connectivity index (χ1v) is 10.7. The van der Waals surface area contributed by atoms with E-state index < -0.39 is 0 Å². The van der Waals surface area contributed by atoms with Gasteiger partial charge in [-0.1, -0.05) is 41.6 Å². The number of halogens is 1. The highest BCUT2D eigenvalue weighted by molar-refractivity contribution is 5.78. The van der Waals surface area contributed by atoms with E-state index in [1.165, 1.54) is 23.3 Å². The third kappa shape index (κ3) is 5.55. The Morgan fingerprint density at radius 1 is 1.26 bits per heavy atom. The van der Waals surface area contributed by atoms with Crippen LogP contribution in [0.15, 0.2) is 53.1 Å². The van der Waals surface area contributed by atoms with Gasteiger partial charge in [-0.3, -0.25) is 9.69 Å². The van der Waals surface area contributed by atoms with Crippen molar-refractivity contribution in [2.24, 2.45) is 0 Å². The van der Waals surface area contributed by atoms with Crippen molar-refractivity contribution < 1.29 is 13.7 Å². The van der Waals surface area contributed by atoms with Crippen LogP contribution in [0.5, 0.6) is 0 Å². The van der Waals surface area contributed by atoms with Crippen LogP contribution in [0.25, 0.3) is 11.4 Å². The lowest BCUT2D eigenvalue weighted by molar-refractivity contribution is -0.122. The molecule has 1 saturated heterocycles. The van der Waals surface area contributed by atoms with Crippen LogP contribution in [-0.2, 0) is 11.2 Å². The summed E-state index contributed by atoms with van der Waals surface area (Å²) in [6.45, 7) is 4.63. The summed E-state index contributed by atoms with van der Waals surface area (Å²) >= 11 is 0. The first-order chi connectivity index (χ1) is 15.1. The summed E-state index contributed by atoms with van der Waals surface area (Å²) in [5.41, 5.74) is 3.09. The first-order valence-electron chi connectivity index (χ1n) is 10.7. The lowest BCUT2D eigenvalue weighted by atomic mass is 9.98. The maximum absolute atomic E-state index is 13.5. The zero-order chi connectivity index (χ0) is 21.6. The van der Waals surface area contributed by atoms with Crippen molar-refractivity contribution in [2.75, 3.05) is 26.2 Å². The van der Waals surface area contributed by atoms with Crippen LogP contribution < -0.4 is 5.32 Å². The van der Waals surface area contributed by atoms with E-state index in [2.05, 4.69) is 39.4 Å². The number of aryl methyl sites for hydroxylation is 1. The molecule has 1 aromatic heterocycles. The Morgan fingerprint density at radius 2 is 2.13 bits per heavy atom. The summed E-state index contributed by atoms with van der Waals surface area (Å²) in [6, 6.07) is 14.4. The summed E-state index contributed by atoms with van der Waals surface area (Å²) in [7, 11) is 0. The molecule has 2 heterocycles. The third-order valence-electron chi connectivity index (χ3n) is 5.72. The van der Waals surface area contributed by atoms with Crippen LogP contribution >= 0.6 is 0 Å². The molecule has 1 aliphatic heterocycles. The van der Waals surface area contributed by atoms with E-state index in [1.54, 1.807) is 12.1 Å². The van der Waals surface area contributed by atoms with Crippen molar-refractivity contribution >= 4 is 5.91 Å². The minimum atomic E-state index is -0.332.